The van der Waals surface area contributed by atoms with Crippen molar-refractivity contribution < 1.29 is 8.83 Å². The number of nitriles is 2. The molecule has 6 rings (SSSR count). The first kappa shape index (κ1) is 21.6. The lowest BCUT2D eigenvalue weighted by Gasteiger charge is -2.04. The number of para-hydroxylation sites is 4. The number of benzene rings is 2. The van der Waals surface area contributed by atoms with Crippen LogP contribution in [-0.2, 0) is 0 Å². The monoisotopic (exact) mass is 464 g/mol. The Morgan fingerprint density at radius 2 is 1.11 bits per heavy atom. The first-order valence-corrected chi connectivity index (χ1v) is 11.0. The van der Waals surface area contributed by atoms with Gasteiger partial charge in [-0.15, -0.1) is 0 Å². The van der Waals surface area contributed by atoms with Crippen molar-refractivity contribution in [3.8, 4) is 12.1 Å². The van der Waals surface area contributed by atoms with Crippen molar-refractivity contribution in [2.24, 2.45) is 0 Å². The lowest BCUT2D eigenvalue weighted by molar-refractivity contribution is 0.585. The Labute approximate surface area is 206 Å². The van der Waals surface area contributed by atoms with Crippen molar-refractivity contribution in [3.05, 3.63) is 82.4 Å². The third-order valence-corrected chi connectivity index (χ3v) is 6.36. The van der Waals surface area contributed by atoms with Crippen LogP contribution in [0.1, 0.15) is 23.2 Å². The Bertz CT molecular complexity index is 1860. The Morgan fingerprint density at radius 1 is 0.722 bits per heavy atom. The van der Waals surface area contributed by atoms with Crippen LogP contribution in [-0.4, -0.2) is 34.9 Å². The highest BCUT2D eigenvalue weighted by Gasteiger charge is 2.23. The van der Waals surface area contributed by atoms with E-state index < -0.39 is 0 Å². The second kappa shape index (κ2) is 7.79. The van der Waals surface area contributed by atoms with Crippen molar-refractivity contribution >= 4 is 60.1 Å². The van der Waals surface area contributed by atoms with Crippen molar-refractivity contribution in [3.63, 3.8) is 0 Å². The molecule has 0 N–H and O–H groups in total. The largest absolute Gasteiger partial charge is 0.435 e. The molecule has 10 heteroatoms. The van der Waals surface area contributed by atoms with E-state index in [9.17, 15) is 10.5 Å². The van der Waals surface area contributed by atoms with Gasteiger partial charge in [0.25, 0.3) is 0 Å². The average molecular weight is 464 g/mol. The molecule has 36 heavy (non-hydrogen) atoms. The Morgan fingerprint density at radius 3 is 1.47 bits per heavy atom. The summed E-state index contributed by atoms with van der Waals surface area (Å²) in [6, 6.07) is 18.9. The molecular weight excluding hydrogens is 450 g/mol. The van der Waals surface area contributed by atoms with E-state index in [-0.39, 0.29) is 22.9 Å². The summed E-state index contributed by atoms with van der Waals surface area (Å²) >= 11 is 0. The van der Waals surface area contributed by atoms with Crippen LogP contribution in [0.5, 0.6) is 0 Å². The van der Waals surface area contributed by atoms with Crippen LogP contribution in [0.25, 0.3) is 44.1 Å². The summed E-state index contributed by atoms with van der Waals surface area (Å²) in [5.41, 5.74) is 3.81. The smallest absolute Gasteiger partial charge is 0.240 e. The van der Waals surface area contributed by atoms with E-state index in [0.29, 0.717) is 55.1 Å². The van der Waals surface area contributed by atoms with Gasteiger partial charge in [0.15, 0.2) is 11.2 Å². The predicted octanol–water partition coefficient (Wildman–Crippen LogP) is 2.65. The summed E-state index contributed by atoms with van der Waals surface area (Å²) in [6.07, 6.45) is 0. The fourth-order valence-electron chi connectivity index (χ4n) is 4.61. The number of hydrogen-bond donors (Lipinski definition) is 0. The van der Waals surface area contributed by atoms with Gasteiger partial charge in [0.2, 0.25) is 27.7 Å². The minimum absolute atomic E-state index is 0.138. The molecule has 0 saturated heterocycles. The third-order valence-electron chi connectivity index (χ3n) is 6.36. The Balaban J connectivity index is 1.78. The van der Waals surface area contributed by atoms with Crippen LogP contribution >= 0.6 is 0 Å². The lowest BCUT2D eigenvalue weighted by Crippen LogP contribution is -2.23. The summed E-state index contributed by atoms with van der Waals surface area (Å²) < 4.78 is 14.6. The lowest BCUT2D eigenvalue weighted by atomic mass is 10.1. The van der Waals surface area contributed by atoms with E-state index in [0.717, 1.165) is 0 Å². The fourth-order valence-corrected chi connectivity index (χ4v) is 4.61. The second-order valence-corrected chi connectivity index (χ2v) is 8.31. The van der Waals surface area contributed by atoms with E-state index in [4.69, 9.17) is 24.8 Å². The van der Waals surface area contributed by atoms with Crippen LogP contribution in [0.4, 0.5) is 0 Å². The minimum Gasteiger partial charge on any atom is -0.435 e. The topological polar surface area (TPSA) is 110 Å². The normalized spacial score (nSPS) is 13.2. The summed E-state index contributed by atoms with van der Waals surface area (Å²) in [4.78, 5) is 8.97. The number of oxazole rings is 2. The molecule has 8 nitrogen and oxygen atoms in total. The zero-order chi connectivity index (χ0) is 25.1. The summed E-state index contributed by atoms with van der Waals surface area (Å²) in [6.45, 7) is 3.58. The molecule has 0 bridgehead atoms. The molecule has 4 heterocycles. The minimum atomic E-state index is 0.138. The molecule has 6 aromatic rings. The molecule has 0 amide bonds. The molecule has 0 aliphatic rings. The molecule has 0 fully saturated rings. The molecule has 0 atom stereocenters. The first-order valence-electron chi connectivity index (χ1n) is 11.0. The van der Waals surface area contributed by atoms with Gasteiger partial charge in [-0.2, -0.15) is 10.5 Å². The second-order valence-electron chi connectivity index (χ2n) is 8.31. The standard InChI is InChI=1S/C26H14B2N6O2/c1-13-21-22(24(33(13)27)16(12-30)26-32-18-8-4-6-10-20(18)36-26)14(2)34(28)23(21)15(11-29)25-31-17-7-3-5-9-19(17)35-25/h3-10H,1-2H3/b23-15-,24-16-. The number of aryl methyl sites for hydroxylation is 2. The Kier molecular flexibility index (Phi) is 4.67. The molecule has 4 aromatic heterocycles. The maximum Gasteiger partial charge on any atom is 0.240 e. The quantitative estimate of drug-likeness (QED) is 0.365. The van der Waals surface area contributed by atoms with E-state index >= 15 is 0 Å². The molecule has 0 aliphatic carbocycles. The van der Waals surface area contributed by atoms with Crippen molar-refractivity contribution in [1.29, 1.82) is 10.5 Å². The number of hydrogen-bond acceptors (Lipinski definition) is 6. The van der Waals surface area contributed by atoms with E-state index in [2.05, 4.69) is 22.1 Å². The number of fused-ring (bicyclic) bond motifs is 3. The molecule has 0 unspecified atom stereocenters. The van der Waals surface area contributed by atoms with Crippen LogP contribution in [0.3, 0.4) is 0 Å². The van der Waals surface area contributed by atoms with Gasteiger partial charge in [-0.05, 0) is 38.1 Å². The van der Waals surface area contributed by atoms with Crippen molar-refractivity contribution in [2.45, 2.75) is 13.8 Å². The van der Waals surface area contributed by atoms with Crippen molar-refractivity contribution in [1.82, 2.24) is 18.9 Å². The average Bonchev–Trinajstić information content (AvgIpc) is 3.62. The zero-order valence-corrected chi connectivity index (χ0v) is 19.3. The van der Waals surface area contributed by atoms with Gasteiger partial charge in [0.1, 0.15) is 34.3 Å². The molecular formula is C26H14B2N6O2. The maximum absolute atomic E-state index is 10.2. The van der Waals surface area contributed by atoms with Gasteiger partial charge >= 0.3 is 0 Å². The number of nitrogens with zero attached hydrogens (tertiary/aromatic N) is 6. The summed E-state index contributed by atoms with van der Waals surface area (Å²) in [7, 11) is 13.0. The summed E-state index contributed by atoms with van der Waals surface area (Å²) in [5.74, 6) is 0.276. The molecule has 0 spiro atoms. The molecule has 2 aromatic carbocycles. The summed E-state index contributed by atoms with van der Waals surface area (Å²) in [5, 5.41) is 22.3. The van der Waals surface area contributed by atoms with E-state index in [1.807, 2.05) is 24.3 Å². The van der Waals surface area contributed by atoms with Gasteiger partial charge in [-0.1, -0.05) is 24.3 Å². The van der Waals surface area contributed by atoms with Crippen LogP contribution < -0.4 is 10.7 Å². The third kappa shape index (κ3) is 2.88. The predicted molar refractivity (Wildman–Crippen MR) is 135 cm³/mol. The van der Waals surface area contributed by atoms with E-state index in [1.165, 1.54) is 8.96 Å². The molecule has 0 aliphatic heterocycles. The van der Waals surface area contributed by atoms with Gasteiger partial charge < -0.3 is 17.8 Å². The number of aromatic nitrogens is 4. The molecule has 0 saturated carbocycles. The Hall–Kier alpha value is -4.95. The highest BCUT2D eigenvalue weighted by Crippen LogP contribution is 2.25. The highest BCUT2D eigenvalue weighted by molar-refractivity contribution is 6.14. The van der Waals surface area contributed by atoms with Gasteiger partial charge in [-0.25, -0.2) is 9.97 Å². The number of rotatable bonds is 2. The van der Waals surface area contributed by atoms with E-state index in [1.54, 1.807) is 38.1 Å². The highest BCUT2D eigenvalue weighted by atomic mass is 16.4. The van der Waals surface area contributed by atoms with Gasteiger partial charge in [0, 0.05) is 22.2 Å². The van der Waals surface area contributed by atoms with Gasteiger partial charge in [0.05, 0.1) is 10.7 Å². The molecule has 166 valence electrons. The maximum atomic E-state index is 10.2. The zero-order valence-electron chi connectivity index (χ0n) is 19.3. The molecule has 4 radical (unpaired) electrons. The van der Waals surface area contributed by atoms with Crippen LogP contribution in [0.2, 0.25) is 0 Å². The van der Waals surface area contributed by atoms with Gasteiger partial charge in [-0.3, -0.25) is 0 Å². The van der Waals surface area contributed by atoms with Crippen LogP contribution in [0, 0.1) is 36.5 Å². The SMILES string of the molecule is [B]n1c(C)c2/c(=C(\C#N)c3nc4ccccc4o3)n([B])c(C)c2/c1=C(\C#N)c1nc2ccccc2o1. The first-order chi connectivity index (χ1) is 17.4. The van der Waals surface area contributed by atoms with Crippen molar-refractivity contribution in [2.75, 3.05) is 0 Å². The fraction of sp³-hybridized carbons (Fsp3) is 0.0769. The van der Waals surface area contributed by atoms with Crippen LogP contribution in [0.15, 0.2) is 57.4 Å².